The molecule has 1 heterocycles. The number of benzene rings is 3. The minimum Gasteiger partial charge on any atom is -0.336 e. The standard InChI is InChI=1S/C26H26N2O4S/c1-20(29)22-11-13-24(14-12-22)33(31,32)28-17-15-27(16-18-28)26(30)25-10-6-5-9-23(25)19-21-7-3-2-4-8-21/h2-14H,15-19H2,1H3. The van der Waals surface area contributed by atoms with Crippen LogP contribution in [0.15, 0.2) is 83.8 Å². The number of ketones is 1. The fraction of sp³-hybridized carbons (Fsp3) is 0.231. The molecule has 33 heavy (non-hydrogen) atoms. The maximum Gasteiger partial charge on any atom is 0.254 e. The fourth-order valence-electron chi connectivity index (χ4n) is 4.01. The Kier molecular flexibility index (Phi) is 6.72. The lowest BCUT2D eigenvalue weighted by atomic mass is 9.99. The van der Waals surface area contributed by atoms with Crippen molar-refractivity contribution in [1.29, 1.82) is 0 Å². The van der Waals surface area contributed by atoms with E-state index in [0.717, 1.165) is 11.1 Å². The zero-order chi connectivity index (χ0) is 23.4. The molecule has 1 fully saturated rings. The minimum absolute atomic E-state index is 0.0793. The second-order valence-electron chi connectivity index (χ2n) is 8.10. The first-order valence-corrected chi connectivity index (χ1v) is 12.3. The van der Waals surface area contributed by atoms with E-state index in [1.807, 2.05) is 54.6 Å². The Morgan fingerprint density at radius 1 is 0.788 bits per heavy atom. The molecule has 3 aromatic carbocycles. The second-order valence-corrected chi connectivity index (χ2v) is 10.0. The van der Waals surface area contributed by atoms with E-state index in [9.17, 15) is 18.0 Å². The molecule has 1 saturated heterocycles. The molecule has 0 radical (unpaired) electrons. The van der Waals surface area contributed by atoms with Gasteiger partial charge in [-0.25, -0.2) is 8.42 Å². The number of hydrogen-bond acceptors (Lipinski definition) is 4. The topological polar surface area (TPSA) is 74.8 Å². The highest BCUT2D eigenvalue weighted by Crippen LogP contribution is 2.21. The number of amides is 1. The maximum atomic E-state index is 13.3. The number of carbonyl (C=O) groups excluding carboxylic acids is 2. The van der Waals surface area contributed by atoms with Crippen LogP contribution in [0.5, 0.6) is 0 Å². The number of carbonyl (C=O) groups is 2. The molecule has 3 aromatic rings. The van der Waals surface area contributed by atoms with Gasteiger partial charge in [0.2, 0.25) is 10.0 Å². The van der Waals surface area contributed by atoms with Gasteiger partial charge in [-0.05, 0) is 42.7 Å². The molecule has 1 amide bonds. The average molecular weight is 463 g/mol. The number of rotatable bonds is 6. The molecular weight excluding hydrogens is 436 g/mol. The van der Waals surface area contributed by atoms with E-state index in [4.69, 9.17) is 0 Å². The van der Waals surface area contributed by atoms with Crippen molar-refractivity contribution in [1.82, 2.24) is 9.21 Å². The average Bonchev–Trinajstić information content (AvgIpc) is 2.85. The molecule has 0 aliphatic carbocycles. The van der Waals surface area contributed by atoms with Gasteiger partial charge in [0.1, 0.15) is 0 Å². The Labute approximate surface area is 194 Å². The molecule has 6 nitrogen and oxygen atoms in total. The molecule has 0 N–H and O–H groups in total. The first-order valence-electron chi connectivity index (χ1n) is 10.9. The summed E-state index contributed by atoms with van der Waals surface area (Å²) in [7, 11) is -3.68. The van der Waals surface area contributed by atoms with Crippen molar-refractivity contribution in [3.63, 3.8) is 0 Å². The fourth-order valence-corrected chi connectivity index (χ4v) is 5.43. The molecule has 0 saturated carbocycles. The summed E-state index contributed by atoms with van der Waals surface area (Å²) in [4.78, 5) is 26.6. The van der Waals surface area contributed by atoms with Gasteiger partial charge < -0.3 is 4.90 Å². The van der Waals surface area contributed by atoms with E-state index in [2.05, 4.69) is 0 Å². The molecule has 1 aliphatic heterocycles. The Bertz CT molecular complexity index is 1250. The summed E-state index contributed by atoms with van der Waals surface area (Å²) in [6.07, 6.45) is 0.660. The summed E-state index contributed by atoms with van der Waals surface area (Å²) >= 11 is 0. The summed E-state index contributed by atoms with van der Waals surface area (Å²) in [5, 5.41) is 0. The Hall–Kier alpha value is -3.29. The highest BCUT2D eigenvalue weighted by molar-refractivity contribution is 7.89. The van der Waals surface area contributed by atoms with Crippen molar-refractivity contribution >= 4 is 21.7 Å². The smallest absolute Gasteiger partial charge is 0.254 e. The van der Waals surface area contributed by atoms with E-state index in [0.29, 0.717) is 30.6 Å². The summed E-state index contributed by atoms with van der Waals surface area (Å²) in [5.41, 5.74) is 3.20. The molecule has 0 bridgehead atoms. The van der Waals surface area contributed by atoms with Gasteiger partial charge in [0.05, 0.1) is 4.90 Å². The van der Waals surface area contributed by atoms with Crippen LogP contribution in [0.2, 0.25) is 0 Å². The Morgan fingerprint density at radius 3 is 2.03 bits per heavy atom. The largest absolute Gasteiger partial charge is 0.336 e. The predicted molar refractivity (Wildman–Crippen MR) is 127 cm³/mol. The molecule has 0 aromatic heterocycles. The predicted octanol–water partition coefficient (Wildman–Crippen LogP) is 3.63. The summed E-state index contributed by atoms with van der Waals surface area (Å²) in [6, 6.07) is 23.5. The quantitative estimate of drug-likeness (QED) is 0.525. The number of sulfonamides is 1. The van der Waals surface area contributed by atoms with Gasteiger partial charge in [-0.1, -0.05) is 60.7 Å². The maximum absolute atomic E-state index is 13.3. The van der Waals surface area contributed by atoms with E-state index in [1.165, 1.54) is 35.5 Å². The van der Waals surface area contributed by atoms with Crippen LogP contribution in [0.25, 0.3) is 0 Å². The minimum atomic E-state index is -3.68. The van der Waals surface area contributed by atoms with Gasteiger partial charge in [-0.15, -0.1) is 0 Å². The monoisotopic (exact) mass is 462 g/mol. The Balaban J connectivity index is 1.45. The summed E-state index contributed by atoms with van der Waals surface area (Å²) in [5.74, 6) is -0.192. The molecule has 4 rings (SSSR count). The summed E-state index contributed by atoms with van der Waals surface area (Å²) < 4.78 is 27.4. The Morgan fingerprint density at radius 2 is 1.39 bits per heavy atom. The van der Waals surface area contributed by atoms with Gasteiger partial charge in [0.25, 0.3) is 5.91 Å². The van der Waals surface area contributed by atoms with Gasteiger partial charge in [-0.3, -0.25) is 9.59 Å². The lowest BCUT2D eigenvalue weighted by Gasteiger charge is -2.34. The van der Waals surface area contributed by atoms with Crippen LogP contribution in [0.4, 0.5) is 0 Å². The molecule has 0 unspecified atom stereocenters. The van der Waals surface area contributed by atoms with Crippen molar-refractivity contribution in [3.8, 4) is 0 Å². The SMILES string of the molecule is CC(=O)c1ccc(S(=O)(=O)N2CCN(C(=O)c3ccccc3Cc3ccccc3)CC2)cc1. The van der Waals surface area contributed by atoms with Crippen LogP contribution in [0.3, 0.4) is 0 Å². The van der Waals surface area contributed by atoms with Crippen molar-refractivity contribution in [3.05, 3.63) is 101 Å². The van der Waals surface area contributed by atoms with Crippen molar-refractivity contribution in [2.45, 2.75) is 18.2 Å². The number of Topliss-reactive ketones (excluding diaryl/α,β-unsaturated/α-hetero) is 1. The highest BCUT2D eigenvalue weighted by Gasteiger charge is 2.31. The first-order chi connectivity index (χ1) is 15.9. The molecule has 170 valence electrons. The van der Waals surface area contributed by atoms with E-state index in [1.54, 1.807) is 4.90 Å². The lowest BCUT2D eigenvalue weighted by molar-refractivity contribution is 0.0697. The molecule has 0 atom stereocenters. The lowest BCUT2D eigenvalue weighted by Crippen LogP contribution is -2.50. The van der Waals surface area contributed by atoms with Crippen LogP contribution in [-0.2, 0) is 16.4 Å². The zero-order valence-electron chi connectivity index (χ0n) is 18.5. The molecular formula is C26H26N2O4S. The molecule has 7 heteroatoms. The van der Waals surface area contributed by atoms with E-state index in [-0.39, 0.29) is 29.7 Å². The highest BCUT2D eigenvalue weighted by atomic mass is 32.2. The van der Waals surface area contributed by atoms with Crippen molar-refractivity contribution in [2.75, 3.05) is 26.2 Å². The van der Waals surface area contributed by atoms with Gasteiger partial charge in [-0.2, -0.15) is 4.31 Å². The van der Waals surface area contributed by atoms with E-state index >= 15 is 0 Å². The van der Waals surface area contributed by atoms with E-state index < -0.39 is 10.0 Å². The van der Waals surface area contributed by atoms with Crippen LogP contribution < -0.4 is 0 Å². The third-order valence-corrected chi connectivity index (χ3v) is 7.82. The number of nitrogens with zero attached hydrogens (tertiary/aromatic N) is 2. The number of hydrogen-bond donors (Lipinski definition) is 0. The van der Waals surface area contributed by atoms with Crippen LogP contribution >= 0.6 is 0 Å². The van der Waals surface area contributed by atoms with Gasteiger partial charge >= 0.3 is 0 Å². The number of piperazine rings is 1. The normalized spacial score (nSPS) is 14.8. The molecule has 1 aliphatic rings. The van der Waals surface area contributed by atoms with Crippen LogP contribution in [0.1, 0.15) is 38.8 Å². The third kappa shape index (κ3) is 5.05. The van der Waals surface area contributed by atoms with Gasteiger partial charge in [0.15, 0.2) is 5.78 Å². The van der Waals surface area contributed by atoms with Crippen LogP contribution in [-0.4, -0.2) is 55.5 Å². The second kappa shape index (κ2) is 9.68. The summed E-state index contributed by atoms with van der Waals surface area (Å²) in [6.45, 7) is 2.54. The van der Waals surface area contributed by atoms with Crippen LogP contribution in [0, 0.1) is 0 Å². The van der Waals surface area contributed by atoms with Crippen molar-refractivity contribution < 1.29 is 18.0 Å². The zero-order valence-corrected chi connectivity index (χ0v) is 19.3. The van der Waals surface area contributed by atoms with Gasteiger partial charge in [0, 0.05) is 37.3 Å². The first kappa shape index (κ1) is 22.9. The van der Waals surface area contributed by atoms with Crippen molar-refractivity contribution in [2.24, 2.45) is 0 Å². The third-order valence-electron chi connectivity index (χ3n) is 5.91. The molecule has 0 spiro atoms.